The lowest BCUT2D eigenvalue weighted by molar-refractivity contribution is 0.212. The van der Waals surface area contributed by atoms with Gasteiger partial charge in [0.05, 0.1) is 42.6 Å². The van der Waals surface area contributed by atoms with Gasteiger partial charge in [-0.3, -0.25) is 5.41 Å². The number of rotatable bonds is 13. The molecule has 8 nitrogen and oxygen atoms in total. The molecule has 1 aliphatic carbocycles. The number of aliphatic hydroxyl groups excluding tert-OH is 1. The summed E-state index contributed by atoms with van der Waals surface area (Å²) in [6.07, 6.45) is 7.70. The van der Waals surface area contributed by atoms with Gasteiger partial charge >= 0.3 is 0 Å². The van der Waals surface area contributed by atoms with Crippen molar-refractivity contribution in [3.63, 3.8) is 0 Å². The molecular formula is C22H31N5O3. The number of aliphatic imine (C=N–C) groups is 1. The summed E-state index contributed by atoms with van der Waals surface area (Å²) in [4.78, 5) is 16.8. The molecule has 30 heavy (non-hydrogen) atoms. The molecule has 0 bridgehead atoms. The van der Waals surface area contributed by atoms with Crippen molar-refractivity contribution >= 4 is 22.8 Å². The summed E-state index contributed by atoms with van der Waals surface area (Å²) < 4.78 is 5.80. The van der Waals surface area contributed by atoms with Crippen LogP contribution in [0.15, 0.2) is 58.0 Å². The van der Waals surface area contributed by atoms with E-state index in [1.165, 1.54) is 12.8 Å². The SMILES string of the molecule is CCCCCCOC1=CC(=Nc2ccc(N(CCO)CCN=O)cc2)C(=N)C=C1N. The first kappa shape index (κ1) is 23.3. The van der Waals surface area contributed by atoms with E-state index in [1.807, 2.05) is 29.2 Å². The normalized spacial score (nSPS) is 15.0. The molecule has 0 fully saturated rings. The molecule has 0 radical (unpaired) electrons. The highest BCUT2D eigenvalue weighted by Gasteiger charge is 2.16. The van der Waals surface area contributed by atoms with Gasteiger partial charge in [0.25, 0.3) is 0 Å². The number of aliphatic hydroxyl groups is 1. The third-order valence-corrected chi connectivity index (χ3v) is 4.68. The van der Waals surface area contributed by atoms with Gasteiger partial charge in [-0.1, -0.05) is 31.4 Å². The van der Waals surface area contributed by atoms with E-state index in [1.54, 1.807) is 12.2 Å². The van der Waals surface area contributed by atoms with Crippen molar-refractivity contribution in [1.29, 1.82) is 5.41 Å². The molecule has 0 saturated carbocycles. The van der Waals surface area contributed by atoms with Gasteiger partial charge in [0.15, 0.2) is 0 Å². The average molecular weight is 414 g/mol. The highest BCUT2D eigenvalue weighted by molar-refractivity contribution is 6.50. The molecule has 0 unspecified atom stereocenters. The maximum Gasteiger partial charge on any atom is 0.144 e. The molecule has 4 N–H and O–H groups in total. The smallest absolute Gasteiger partial charge is 0.144 e. The maximum atomic E-state index is 10.4. The number of allylic oxidation sites excluding steroid dienone is 2. The number of nitrogens with two attached hydrogens (primary N) is 1. The van der Waals surface area contributed by atoms with Crippen LogP contribution in [0.1, 0.15) is 32.6 Å². The van der Waals surface area contributed by atoms with Crippen LogP contribution in [-0.4, -0.2) is 49.4 Å². The fraction of sp³-hybridized carbons (Fsp3) is 0.455. The first-order valence-electron chi connectivity index (χ1n) is 10.3. The Morgan fingerprint density at radius 2 is 1.90 bits per heavy atom. The Balaban J connectivity index is 2.09. The van der Waals surface area contributed by atoms with E-state index in [4.69, 9.17) is 15.9 Å². The monoisotopic (exact) mass is 413 g/mol. The van der Waals surface area contributed by atoms with E-state index in [2.05, 4.69) is 17.1 Å². The molecule has 2 rings (SSSR count). The highest BCUT2D eigenvalue weighted by atomic mass is 16.5. The summed E-state index contributed by atoms with van der Waals surface area (Å²) in [5.41, 5.74) is 8.71. The lowest BCUT2D eigenvalue weighted by Crippen LogP contribution is -2.29. The van der Waals surface area contributed by atoms with Crippen molar-refractivity contribution in [2.24, 2.45) is 15.9 Å². The van der Waals surface area contributed by atoms with Crippen molar-refractivity contribution in [3.8, 4) is 0 Å². The van der Waals surface area contributed by atoms with Crippen LogP contribution in [0.25, 0.3) is 0 Å². The zero-order valence-electron chi connectivity index (χ0n) is 17.5. The molecule has 0 saturated heterocycles. The van der Waals surface area contributed by atoms with Crippen LogP contribution in [0.3, 0.4) is 0 Å². The predicted molar refractivity (Wildman–Crippen MR) is 122 cm³/mol. The second-order valence-corrected chi connectivity index (χ2v) is 7.01. The molecule has 0 amide bonds. The van der Waals surface area contributed by atoms with E-state index in [0.717, 1.165) is 18.5 Å². The van der Waals surface area contributed by atoms with Crippen LogP contribution in [-0.2, 0) is 4.74 Å². The largest absolute Gasteiger partial charge is 0.491 e. The quantitative estimate of drug-likeness (QED) is 0.258. The van der Waals surface area contributed by atoms with Crippen molar-refractivity contribution < 1.29 is 9.84 Å². The van der Waals surface area contributed by atoms with Crippen LogP contribution in [0.5, 0.6) is 0 Å². The summed E-state index contributed by atoms with van der Waals surface area (Å²) in [7, 11) is 0. The molecule has 1 aromatic rings. The number of nitrogens with one attached hydrogen (secondary N) is 1. The number of anilines is 1. The molecule has 162 valence electrons. The number of nitroso groups, excluding NO2 is 1. The summed E-state index contributed by atoms with van der Waals surface area (Å²) in [6.45, 7) is 3.75. The van der Waals surface area contributed by atoms with Gasteiger partial charge in [0, 0.05) is 24.9 Å². The van der Waals surface area contributed by atoms with Crippen molar-refractivity contribution in [2.45, 2.75) is 32.6 Å². The van der Waals surface area contributed by atoms with Gasteiger partial charge in [0.2, 0.25) is 0 Å². The van der Waals surface area contributed by atoms with Gasteiger partial charge in [0.1, 0.15) is 5.76 Å². The summed E-state index contributed by atoms with van der Waals surface area (Å²) in [5, 5.41) is 20.3. The first-order valence-corrected chi connectivity index (χ1v) is 10.3. The van der Waals surface area contributed by atoms with Crippen molar-refractivity contribution in [3.05, 3.63) is 52.8 Å². The molecule has 0 spiro atoms. The standard InChI is InChI=1S/C22H31N5O3/c1-2-3-4-5-14-30-22-16-21(19(23)15-20(22)24)26-17-6-8-18(9-7-17)27(12-13-28)11-10-25-29/h6-9,15-16,23,28H,2-5,10-14,24H2,1H3. The molecular weight excluding hydrogens is 382 g/mol. The molecule has 0 aromatic heterocycles. The van der Waals surface area contributed by atoms with E-state index in [9.17, 15) is 10.0 Å². The van der Waals surface area contributed by atoms with Crippen LogP contribution in [0.2, 0.25) is 0 Å². The Morgan fingerprint density at radius 1 is 1.13 bits per heavy atom. The van der Waals surface area contributed by atoms with E-state index in [-0.39, 0.29) is 18.9 Å². The number of unbranched alkanes of at least 4 members (excludes halogenated alkanes) is 3. The Hall–Kier alpha value is -3.00. The lowest BCUT2D eigenvalue weighted by atomic mass is 10.1. The lowest BCUT2D eigenvalue weighted by Gasteiger charge is -2.22. The number of benzene rings is 1. The van der Waals surface area contributed by atoms with E-state index >= 15 is 0 Å². The van der Waals surface area contributed by atoms with Gasteiger partial charge in [-0.15, -0.1) is 0 Å². The van der Waals surface area contributed by atoms with Crippen molar-refractivity contribution in [2.75, 3.05) is 37.7 Å². The van der Waals surface area contributed by atoms with E-state index in [0.29, 0.717) is 42.6 Å². The fourth-order valence-electron chi connectivity index (χ4n) is 3.04. The second-order valence-electron chi connectivity index (χ2n) is 7.01. The minimum atomic E-state index is -0.0140. The van der Waals surface area contributed by atoms with E-state index < -0.39 is 0 Å². The van der Waals surface area contributed by atoms with Crippen LogP contribution < -0.4 is 10.6 Å². The van der Waals surface area contributed by atoms with Gasteiger partial charge in [-0.2, -0.15) is 4.91 Å². The molecule has 1 aromatic carbocycles. The summed E-state index contributed by atoms with van der Waals surface area (Å²) >= 11 is 0. The number of ether oxygens (including phenoxy) is 1. The Morgan fingerprint density at radius 3 is 2.57 bits per heavy atom. The van der Waals surface area contributed by atoms with Crippen LogP contribution >= 0.6 is 0 Å². The van der Waals surface area contributed by atoms with Crippen LogP contribution in [0, 0.1) is 10.3 Å². The fourth-order valence-corrected chi connectivity index (χ4v) is 3.04. The number of hydrogen-bond donors (Lipinski definition) is 3. The van der Waals surface area contributed by atoms with Gasteiger partial charge in [-0.25, -0.2) is 4.99 Å². The Labute approximate surface area is 177 Å². The zero-order chi connectivity index (χ0) is 21.8. The predicted octanol–water partition coefficient (Wildman–Crippen LogP) is 3.68. The number of hydrogen-bond acceptors (Lipinski definition) is 8. The molecule has 8 heteroatoms. The third-order valence-electron chi connectivity index (χ3n) is 4.68. The van der Waals surface area contributed by atoms with Gasteiger partial charge < -0.3 is 20.5 Å². The topological polar surface area (TPSA) is 124 Å². The molecule has 1 aliphatic rings. The minimum absolute atomic E-state index is 0.0140. The average Bonchev–Trinajstić information content (AvgIpc) is 2.74. The van der Waals surface area contributed by atoms with Gasteiger partial charge in [-0.05, 0) is 36.8 Å². The minimum Gasteiger partial charge on any atom is -0.491 e. The summed E-state index contributed by atoms with van der Waals surface area (Å²) in [6, 6.07) is 7.39. The zero-order valence-corrected chi connectivity index (χ0v) is 17.5. The number of nitrogens with zero attached hydrogens (tertiary/aromatic N) is 3. The highest BCUT2D eigenvalue weighted by Crippen LogP contribution is 2.22. The molecule has 0 atom stereocenters. The third kappa shape index (κ3) is 7.11. The maximum absolute atomic E-state index is 10.4. The second kappa shape index (κ2) is 12.5. The van der Waals surface area contributed by atoms with Crippen LogP contribution in [0.4, 0.5) is 11.4 Å². The Kier molecular flexibility index (Phi) is 9.73. The first-order chi connectivity index (χ1) is 14.6. The van der Waals surface area contributed by atoms with Crippen molar-refractivity contribution in [1.82, 2.24) is 0 Å². The Bertz CT molecular complexity index is 799. The molecule has 0 heterocycles. The summed E-state index contributed by atoms with van der Waals surface area (Å²) in [5.74, 6) is 0.549. The molecule has 0 aliphatic heterocycles.